The fourth-order valence-electron chi connectivity index (χ4n) is 2.40. The standard InChI is InChI=1S/C12H21F2N3O/c13-12(14)3-1-10(2-4-12)9-16-11(15)17-5-7-18-8-6-17/h10H,1-9H2,(H2,15,16). The van der Waals surface area contributed by atoms with Gasteiger partial charge in [-0.05, 0) is 18.8 Å². The van der Waals surface area contributed by atoms with Crippen LogP contribution in [0, 0.1) is 5.92 Å². The molecule has 2 aliphatic rings. The molecule has 0 spiro atoms. The maximum absolute atomic E-state index is 13.0. The first kappa shape index (κ1) is 13.5. The molecule has 1 aliphatic carbocycles. The first-order valence-corrected chi connectivity index (χ1v) is 6.57. The van der Waals surface area contributed by atoms with Gasteiger partial charge >= 0.3 is 0 Å². The minimum atomic E-state index is -2.46. The third-order valence-electron chi connectivity index (χ3n) is 3.68. The Morgan fingerprint density at radius 3 is 2.50 bits per heavy atom. The van der Waals surface area contributed by atoms with E-state index in [2.05, 4.69) is 4.99 Å². The van der Waals surface area contributed by atoms with Gasteiger partial charge in [-0.25, -0.2) is 8.78 Å². The van der Waals surface area contributed by atoms with Crippen molar-refractivity contribution < 1.29 is 13.5 Å². The molecular weight excluding hydrogens is 240 g/mol. The predicted octanol–water partition coefficient (Wildman–Crippen LogP) is 1.46. The van der Waals surface area contributed by atoms with Crippen molar-refractivity contribution in [1.29, 1.82) is 0 Å². The van der Waals surface area contributed by atoms with Crippen LogP contribution in [0.4, 0.5) is 8.78 Å². The molecule has 6 heteroatoms. The second-order valence-corrected chi connectivity index (χ2v) is 5.10. The van der Waals surface area contributed by atoms with Crippen LogP contribution in [0.2, 0.25) is 0 Å². The van der Waals surface area contributed by atoms with E-state index in [1.807, 2.05) is 4.90 Å². The minimum absolute atomic E-state index is 0.00928. The summed E-state index contributed by atoms with van der Waals surface area (Å²) in [6.07, 6.45) is 1.08. The van der Waals surface area contributed by atoms with E-state index in [0.29, 0.717) is 38.6 Å². The molecule has 0 aromatic heterocycles. The highest BCUT2D eigenvalue weighted by Crippen LogP contribution is 2.36. The van der Waals surface area contributed by atoms with E-state index in [1.54, 1.807) is 0 Å². The summed E-state index contributed by atoms with van der Waals surface area (Å²) in [5.74, 6) is -1.68. The molecule has 0 aromatic rings. The summed E-state index contributed by atoms with van der Waals surface area (Å²) in [6, 6.07) is 0. The van der Waals surface area contributed by atoms with Crippen LogP contribution < -0.4 is 5.73 Å². The average Bonchev–Trinajstić information content (AvgIpc) is 2.38. The average molecular weight is 261 g/mol. The van der Waals surface area contributed by atoms with Crippen LogP contribution in [0.15, 0.2) is 4.99 Å². The second kappa shape index (κ2) is 5.82. The Kier molecular flexibility index (Phi) is 4.37. The molecule has 1 aliphatic heterocycles. The lowest BCUT2D eigenvalue weighted by Crippen LogP contribution is -2.45. The Morgan fingerprint density at radius 2 is 1.89 bits per heavy atom. The lowest BCUT2D eigenvalue weighted by molar-refractivity contribution is -0.0446. The molecule has 18 heavy (non-hydrogen) atoms. The summed E-state index contributed by atoms with van der Waals surface area (Å²) < 4.78 is 31.2. The Morgan fingerprint density at radius 1 is 1.28 bits per heavy atom. The number of nitrogens with two attached hydrogens (primary N) is 1. The van der Waals surface area contributed by atoms with Crippen LogP contribution in [0.1, 0.15) is 25.7 Å². The summed E-state index contributed by atoms with van der Waals surface area (Å²) in [4.78, 5) is 6.33. The molecule has 0 atom stereocenters. The van der Waals surface area contributed by atoms with Gasteiger partial charge in [-0.15, -0.1) is 0 Å². The van der Waals surface area contributed by atoms with E-state index in [0.717, 1.165) is 13.1 Å². The van der Waals surface area contributed by atoms with E-state index in [-0.39, 0.29) is 18.8 Å². The quantitative estimate of drug-likeness (QED) is 0.605. The van der Waals surface area contributed by atoms with E-state index in [1.165, 1.54) is 0 Å². The molecule has 0 unspecified atom stereocenters. The zero-order valence-electron chi connectivity index (χ0n) is 10.6. The van der Waals surface area contributed by atoms with E-state index < -0.39 is 5.92 Å². The van der Waals surface area contributed by atoms with Crippen LogP contribution in [-0.2, 0) is 4.74 Å². The Hall–Kier alpha value is -0.910. The monoisotopic (exact) mass is 261 g/mol. The van der Waals surface area contributed by atoms with Crippen LogP contribution >= 0.6 is 0 Å². The number of aliphatic imine (C=N–C) groups is 1. The molecule has 4 nitrogen and oxygen atoms in total. The summed E-state index contributed by atoms with van der Waals surface area (Å²) >= 11 is 0. The summed E-state index contributed by atoms with van der Waals surface area (Å²) in [6.45, 7) is 3.44. The van der Waals surface area contributed by atoms with Gasteiger partial charge in [0.1, 0.15) is 0 Å². The number of ether oxygens (including phenoxy) is 1. The molecule has 2 N–H and O–H groups in total. The van der Waals surface area contributed by atoms with E-state index >= 15 is 0 Å². The number of hydrogen-bond donors (Lipinski definition) is 1. The van der Waals surface area contributed by atoms with Gasteiger partial charge in [0, 0.05) is 32.5 Å². The molecule has 2 rings (SSSR count). The van der Waals surface area contributed by atoms with Crippen LogP contribution in [0.3, 0.4) is 0 Å². The van der Waals surface area contributed by atoms with E-state index in [4.69, 9.17) is 10.5 Å². The first-order chi connectivity index (χ1) is 8.57. The van der Waals surface area contributed by atoms with Gasteiger partial charge in [0.2, 0.25) is 5.92 Å². The highest BCUT2D eigenvalue weighted by Gasteiger charge is 2.34. The molecule has 1 saturated carbocycles. The normalized spacial score (nSPS) is 26.3. The topological polar surface area (TPSA) is 50.8 Å². The highest BCUT2D eigenvalue weighted by atomic mass is 19.3. The maximum Gasteiger partial charge on any atom is 0.248 e. The fraction of sp³-hybridized carbons (Fsp3) is 0.917. The van der Waals surface area contributed by atoms with Gasteiger partial charge in [-0.2, -0.15) is 0 Å². The summed E-state index contributed by atoms with van der Waals surface area (Å²) in [5, 5.41) is 0. The smallest absolute Gasteiger partial charge is 0.248 e. The van der Waals surface area contributed by atoms with Gasteiger partial charge in [-0.1, -0.05) is 0 Å². The van der Waals surface area contributed by atoms with Crippen LogP contribution in [0.25, 0.3) is 0 Å². The van der Waals surface area contributed by atoms with Crippen molar-refractivity contribution in [1.82, 2.24) is 4.90 Å². The number of halogens is 2. The zero-order valence-corrected chi connectivity index (χ0v) is 10.6. The lowest BCUT2D eigenvalue weighted by Gasteiger charge is -2.29. The van der Waals surface area contributed by atoms with Gasteiger partial charge < -0.3 is 15.4 Å². The predicted molar refractivity (Wildman–Crippen MR) is 65.8 cm³/mol. The highest BCUT2D eigenvalue weighted by molar-refractivity contribution is 5.78. The number of hydrogen-bond acceptors (Lipinski definition) is 2. The van der Waals surface area contributed by atoms with Gasteiger partial charge in [-0.3, -0.25) is 4.99 Å². The van der Waals surface area contributed by atoms with Gasteiger partial charge in [0.15, 0.2) is 5.96 Å². The number of nitrogens with zero attached hydrogens (tertiary/aromatic N) is 2. The summed E-state index contributed by atoms with van der Waals surface area (Å²) in [7, 11) is 0. The molecule has 0 amide bonds. The molecule has 104 valence electrons. The molecule has 2 fully saturated rings. The largest absolute Gasteiger partial charge is 0.378 e. The van der Waals surface area contributed by atoms with E-state index in [9.17, 15) is 8.78 Å². The number of alkyl halides is 2. The molecule has 0 bridgehead atoms. The molecule has 0 aromatic carbocycles. The summed E-state index contributed by atoms with van der Waals surface area (Å²) in [5.41, 5.74) is 5.89. The van der Waals surface area contributed by atoms with Crippen molar-refractivity contribution in [3.05, 3.63) is 0 Å². The molecule has 1 heterocycles. The SMILES string of the molecule is NC(=NCC1CCC(F)(F)CC1)N1CCOCC1. The molecule has 1 saturated heterocycles. The second-order valence-electron chi connectivity index (χ2n) is 5.10. The van der Waals surface area contributed by atoms with Crippen LogP contribution in [0.5, 0.6) is 0 Å². The van der Waals surface area contributed by atoms with Crippen molar-refractivity contribution in [3.63, 3.8) is 0 Å². The van der Waals surface area contributed by atoms with Crippen molar-refractivity contribution in [3.8, 4) is 0 Å². The van der Waals surface area contributed by atoms with Gasteiger partial charge in [0.05, 0.1) is 13.2 Å². The lowest BCUT2D eigenvalue weighted by atomic mass is 9.87. The molecular formula is C12H21F2N3O. The number of guanidine groups is 1. The fourth-order valence-corrected chi connectivity index (χ4v) is 2.40. The maximum atomic E-state index is 13.0. The van der Waals surface area contributed by atoms with Crippen molar-refractivity contribution in [2.45, 2.75) is 31.6 Å². The van der Waals surface area contributed by atoms with Crippen LogP contribution in [-0.4, -0.2) is 49.6 Å². The Bertz CT molecular complexity index is 294. The van der Waals surface area contributed by atoms with Crippen molar-refractivity contribution >= 4 is 5.96 Å². The van der Waals surface area contributed by atoms with Crippen molar-refractivity contribution in [2.24, 2.45) is 16.6 Å². The first-order valence-electron chi connectivity index (χ1n) is 6.57. The van der Waals surface area contributed by atoms with Crippen molar-refractivity contribution in [2.75, 3.05) is 32.8 Å². The third kappa shape index (κ3) is 3.80. The Balaban J connectivity index is 1.76. The number of rotatable bonds is 2. The minimum Gasteiger partial charge on any atom is -0.378 e. The third-order valence-corrected chi connectivity index (χ3v) is 3.68. The Labute approximate surface area is 106 Å². The molecule has 0 radical (unpaired) electrons. The zero-order chi connectivity index (χ0) is 13.0. The van der Waals surface area contributed by atoms with Gasteiger partial charge in [0.25, 0.3) is 0 Å². The number of morpholine rings is 1.